The van der Waals surface area contributed by atoms with Crippen LogP contribution in [0.5, 0.6) is 11.5 Å². The van der Waals surface area contributed by atoms with Crippen molar-refractivity contribution in [2.45, 2.75) is 37.4 Å². The van der Waals surface area contributed by atoms with Gasteiger partial charge < -0.3 is 9.47 Å². The van der Waals surface area contributed by atoms with Gasteiger partial charge in [-0.2, -0.15) is 0 Å². The molecule has 0 bridgehead atoms. The van der Waals surface area contributed by atoms with Crippen LogP contribution in [0, 0.1) is 0 Å². The van der Waals surface area contributed by atoms with Crippen molar-refractivity contribution in [3.05, 3.63) is 23.8 Å². The standard InChI is InChI=1S/C14H21BrO2/c1-10(15)9-14(2,3)13-11(16-4)7-6-8-12(13)17-5/h6-8,10H,9H2,1-5H3. The highest BCUT2D eigenvalue weighted by Gasteiger charge is 2.29. The lowest BCUT2D eigenvalue weighted by Crippen LogP contribution is -2.22. The Balaban J connectivity index is 3.26. The number of alkyl halides is 1. The summed E-state index contributed by atoms with van der Waals surface area (Å²) in [5, 5.41) is 0. The molecule has 1 rings (SSSR count). The van der Waals surface area contributed by atoms with Gasteiger partial charge in [0.2, 0.25) is 0 Å². The number of ether oxygens (including phenoxy) is 2. The number of halogens is 1. The van der Waals surface area contributed by atoms with Crippen molar-refractivity contribution >= 4 is 15.9 Å². The highest BCUT2D eigenvalue weighted by atomic mass is 79.9. The van der Waals surface area contributed by atoms with Gasteiger partial charge in [-0.25, -0.2) is 0 Å². The third-order valence-corrected chi connectivity index (χ3v) is 3.22. The molecule has 0 amide bonds. The largest absolute Gasteiger partial charge is 0.496 e. The summed E-state index contributed by atoms with van der Waals surface area (Å²) in [6.45, 7) is 6.58. The molecule has 0 saturated heterocycles. The second-order valence-electron chi connectivity index (χ2n) is 4.91. The third kappa shape index (κ3) is 3.38. The lowest BCUT2D eigenvalue weighted by atomic mass is 9.79. The van der Waals surface area contributed by atoms with Gasteiger partial charge >= 0.3 is 0 Å². The van der Waals surface area contributed by atoms with E-state index in [4.69, 9.17) is 9.47 Å². The van der Waals surface area contributed by atoms with Gasteiger partial charge in [-0.1, -0.05) is 42.8 Å². The fourth-order valence-electron chi connectivity index (χ4n) is 2.32. The molecule has 1 atom stereocenters. The molecule has 1 aromatic rings. The molecule has 0 fully saturated rings. The van der Waals surface area contributed by atoms with E-state index in [9.17, 15) is 0 Å². The summed E-state index contributed by atoms with van der Waals surface area (Å²) in [6, 6.07) is 5.92. The van der Waals surface area contributed by atoms with Crippen molar-refractivity contribution in [1.29, 1.82) is 0 Å². The van der Waals surface area contributed by atoms with Crippen molar-refractivity contribution in [2.75, 3.05) is 14.2 Å². The molecule has 1 unspecified atom stereocenters. The molecule has 0 aliphatic rings. The molecule has 17 heavy (non-hydrogen) atoms. The van der Waals surface area contributed by atoms with Crippen molar-refractivity contribution < 1.29 is 9.47 Å². The lowest BCUT2D eigenvalue weighted by molar-refractivity contribution is 0.355. The Bertz CT molecular complexity index is 350. The van der Waals surface area contributed by atoms with Crippen molar-refractivity contribution in [3.8, 4) is 11.5 Å². The quantitative estimate of drug-likeness (QED) is 0.760. The van der Waals surface area contributed by atoms with E-state index in [0.717, 1.165) is 23.5 Å². The minimum absolute atomic E-state index is 0.000856. The smallest absolute Gasteiger partial charge is 0.126 e. The van der Waals surface area contributed by atoms with Crippen LogP contribution in [0.25, 0.3) is 0 Å². The molecule has 0 N–H and O–H groups in total. The van der Waals surface area contributed by atoms with Gasteiger partial charge in [0.05, 0.1) is 14.2 Å². The second kappa shape index (κ2) is 5.76. The van der Waals surface area contributed by atoms with E-state index < -0.39 is 0 Å². The molecule has 0 radical (unpaired) electrons. The molecule has 0 aliphatic carbocycles. The number of benzene rings is 1. The van der Waals surface area contributed by atoms with Gasteiger partial charge in [0.15, 0.2) is 0 Å². The third-order valence-electron chi connectivity index (χ3n) is 2.90. The first kappa shape index (κ1) is 14.4. The maximum Gasteiger partial charge on any atom is 0.126 e. The maximum atomic E-state index is 5.46. The Morgan fingerprint density at radius 1 is 1.18 bits per heavy atom. The van der Waals surface area contributed by atoms with E-state index >= 15 is 0 Å². The molecular weight excluding hydrogens is 280 g/mol. The van der Waals surface area contributed by atoms with E-state index in [1.54, 1.807) is 14.2 Å². The number of methoxy groups -OCH3 is 2. The van der Waals surface area contributed by atoms with Crippen LogP contribution >= 0.6 is 15.9 Å². The van der Waals surface area contributed by atoms with Crippen molar-refractivity contribution in [1.82, 2.24) is 0 Å². The molecular formula is C14H21BrO2. The van der Waals surface area contributed by atoms with Gasteiger partial charge in [0.1, 0.15) is 11.5 Å². The zero-order valence-electron chi connectivity index (χ0n) is 11.2. The minimum atomic E-state index is 0.000856. The number of rotatable bonds is 5. The first-order valence-corrected chi connectivity index (χ1v) is 6.69. The molecule has 0 spiro atoms. The van der Waals surface area contributed by atoms with Crippen LogP contribution in [0.15, 0.2) is 18.2 Å². The highest BCUT2D eigenvalue weighted by Crippen LogP contribution is 2.42. The van der Waals surface area contributed by atoms with E-state index in [0.29, 0.717) is 4.83 Å². The van der Waals surface area contributed by atoms with Crippen LogP contribution < -0.4 is 9.47 Å². The fourth-order valence-corrected chi connectivity index (χ4v) is 3.13. The van der Waals surface area contributed by atoms with Gasteiger partial charge in [-0.05, 0) is 24.0 Å². The molecule has 1 aromatic carbocycles. The number of hydrogen-bond acceptors (Lipinski definition) is 2. The zero-order chi connectivity index (χ0) is 13.1. The van der Waals surface area contributed by atoms with Crippen LogP contribution in [0.2, 0.25) is 0 Å². The van der Waals surface area contributed by atoms with Gasteiger partial charge in [0.25, 0.3) is 0 Å². The van der Waals surface area contributed by atoms with Gasteiger partial charge in [-0.3, -0.25) is 0 Å². The van der Waals surface area contributed by atoms with Gasteiger partial charge in [-0.15, -0.1) is 0 Å². The molecule has 0 heterocycles. The Hall–Kier alpha value is -0.700. The second-order valence-corrected chi connectivity index (χ2v) is 6.47. The topological polar surface area (TPSA) is 18.5 Å². The summed E-state index contributed by atoms with van der Waals surface area (Å²) < 4.78 is 10.9. The predicted molar refractivity (Wildman–Crippen MR) is 75.6 cm³/mol. The molecule has 96 valence electrons. The van der Waals surface area contributed by atoms with Crippen LogP contribution in [-0.4, -0.2) is 19.0 Å². The Labute approximate surface area is 112 Å². The highest BCUT2D eigenvalue weighted by molar-refractivity contribution is 9.09. The number of hydrogen-bond donors (Lipinski definition) is 0. The monoisotopic (exact) mass is 300 g/mol. The average molecular weight is 301 g/mol. The minimum Gasteiger partial charge on any atom is -0.496 e. The van der Waals surface area contributed by atoms with Crippen LogP contribution in [0.1, 0.15) is 32.8 Å². The molecule has 2 nitrogen and oxygen atoms in total. The van der Waals surface area contributed by atoms with Crippen LogP contribution in [0.3, 0.4) is 0 Å². The van der Waals surface area contributed by atoms with E-state index in [2.05, 4.69) is 36.7 Å². The molecule has 0 aromatic heterocycles. The summed E-state index contributed by atoms with van der Waals surface area (Å²) >= 11 is 3.62. The lowest BCUT2D eigenvalue weighted by Gasteiger charge is -2.30. The zero-order valence-corrected chi connectivity index (χ0v) is 12.8. The summed E-state index contributed by atoms with van der Waals surface area (Å²) in [7, 11) is 3.40. The van der Waals surface area contributed by atoms with Crippen LogP contribution in [0.4, 0.5) is 0 Å². The fraction of sp³-hybridized carbons (Fsp3) is 0.571. The van der Waals surface area contributed by atoms with Crippen LogP contribution in [-0.2, 0) is 5.41 Å². The normalized spacial score (nSPS) is 13.3. The Morgan fingerprint density at radius 3 is 2.00 bits per heavy atom. The molecule has 0 aliphatic heterocycles. The first-order valence-electron chi connectivity index (χ1n) is 5.78. The van der Waals surface area contributed by atoms with E-state index in [1.165, 1.54) is 0 Å². The van der Waals surface area contributed by atoms with E-state index in [-0.39, 0.29) is 5.41 Å². The predicted octanol–water partition coefficient (Wildman–Crippen LogP) is 4.15. The van der Waals surface area contributed by atoms with Gasteiger partial charge in [0, 0.05) is 10.4 Å². The van der Waals surface area contributed by atoms with E-state index in [1.807, 2.05) is 18.2 Å². The average Bonchev–Trinajstić information content (AvgIpc) is 2.26. The maximum absolute atomic E-state index is 5.46. The van der Waals surface area contributed by atoms with Crippen molar-refractivity contribution in [3.63, 3.8) is 0 Å². The summed E-state index contributed by atoms with van der Waals surface area (Å²) in [4.78, 5) is 0.451. The first-order chi connectivity index (χ1) is 7.92. The molecule has 3 heteroatoms. The molecule has 0 saturated carbocycles. The summed E-state index contributed by atoms with van der Waals surface area (Å²) in [5.74, 6) is 1.78. The van der Waals surface area contributed by atoms with Crippen molar-refractivity contribution in [2.24, 2.45) is 0 Å². The Kier molecular flexibility index (Phi) is 4.87. The Morgan fingerprint density at radius 2 is 1.65 bits per heavy atom. The summed E-state index contributed by atoms with van der Waals surface area (Å²) in [6.07, 6.45) is 1.02. The SMILES string of the molecule is COc1cccc(OC)c1C(C)(C)CC(C)Br. The summed E-state index contributed by atoms with van der Waals surface area (Å²) in [5.41, 5.74) is 1.14.